The standard InChI is InChI=1S/C30H41NO4/c1-19-26(29(33)34)12-13-27(22-8-6-5-7-9-22)28(19)20(2)35-18-25(32)17-31-30(3,4)16-24-15-21-10-11-23(24)14-21/h5-9,12-13,20-21,23-25,31-32H,10-11,14-18H2,1-4H3,(H,33,34)/t20-,21?,23?,24?,25-/m1/s1. The molecule has 0 aliphatic heterocycles. The number of hydrogen-bond donors (Lipinski definition) is 3. The molecule has 0 aromatic heterocycles. The van der Waals surface area contributed by atoms with Gasteiger partial charge in [0.1, 0.15) is 0 Å². The van der Waals surface area contributed by atoms with Crippen LogP contribution in [0.1, 0.15) is 80.5 Å². The van der Waals surface area contributed by atoms with Crippen LogP contribution in [0.4, 0.5) is 0 Å². The molecule has 3 unspecified atom stereocenters. The van der Waals surface area contributed by atoms with E-state index in [0.717, 1.165) is 40.9 Å². The van der Waals surface area contributed by atoms with Crippen molar-refractivity contribution >= 4 is 5.97 Å². The average Bonchev–Trinajstić information content (AvgIpc) is 3.44. The average molecular weight is 480 g/mol. The van der Waals surface area contributed by atoms with Gasteiger partial charge in [0.2, 0.25) is 0 Å². The van der Waals surface area contributed by atoms with E-state index in [-0.39, 0.29) is 23.8 Å². The van der Waals surface area contributed by atoms with Gasteiger partial charge in [-0.2, -0.15) is 0 Å². The van der Waals surface area contributed by atoms with E-state index in [9.17, 15) is 15.0 Å². The highest BCUT2D eigenvalue weighted by atomic mass is 16.5. The minimum atomic E-state index is -0.947. The first kappa shape index (κ1) is 25.9. The summed E-state index contributed by atoms with van der Waals surface area (Å²) in [7, 11) is 0. The SMILES string of the molecule is Cc1c(C(=O)O)ccc(-c2ccccc2)c1[C@@H](C)OC[C@H](O)CNC(C)(C)CC1CC2CCC1C2. The quantitative estimate of drug-likeness (QED) is 0.369. The highest BCUT2D eigenvalue weighted by Gasteiger charge is 2.41. The summed E-state index contributed by atoms with van der Waals surface area (Å²) in [6.07, 6.45) is 5.76. The number of hydrogen-bond acceptors (Lipinski definition) is 4. The van der Waals surface area contributed by atoms with Crippen molar-refractivity contribution < 1.29 is 19.7 Å². The number of carboxylic acids is 1. The number of carbonyl (C=O) groups is 1. The second-order valence-corrected chi connectivity index (χ2v) is 11.4. The second kappa shape index (κ2) is 10.8. The lowest BCUT2D eigenvalue weighted by Gasteiger charge is -2.34. The molecule has 4 rings (SSSR count). The molecule has 190 valence electrons. The number of aromatic carboxylic acids is 1. The maximum Gasteiger partial charge on any atom is 0.335 e. The first-order valence-corrected chi connectivity index (χ1v) is 13.1. The molecule has 2 saturated carbocycles. The van der Waals surface area contributed by atoms with Gasteiger partial charge in [-0.1, -0.05) is 42.8 Å². The smallest absolute Gasteiger partial charge is 0.335 e. The van der Waals surface area contributed by atoms with Gasteiger partial charge < -0.3 is 20.3 Å². The zero-order chi connectivity index (χ0) is 25.2. The third kappa shape index (κ3) is 6.14. The van der Waals surface area contributed by atoms with Gasteiger partial charge in [-0.05, 0) is 99.5 Å². The van der Waals surface area contributed by atoms with Crippen molar-refractivity contribution in [2.24, 2.45) is 17.8 Å². The fourth-order valence-corrected chi connectivity index (χ4v) is 6.50. The van der Waals surface area contributed by atoms with Crippen LogP contribution in [0.5, 0.6) is 0 Å². The molecular weight excluding hydrogens is 438 g/mol. The number of ether oxygens (including phenoxy) is 1. The van der Waals surface area contributed by atoms with Gasteiger partial charge in [0, 0.05) is 12.1 Å². The van der Waals surface area contributed by atoms with Crippen molar-refractivity contribution in [2.45, 2.75) is 77.5 Å². The Morgan fingerprint density at radius 3 is 2.51 bits per heavy atom. The van der Waals surface area contributed by atoms with Gasteiger partial charge in [0.25, 0.3) is 0 Å². The van der Waals surface area contributed by atoms with Crippen LogP contribution < -0.4 is 5.32 Å². The number of fused-ring (bicyclic) bond motifs is 2. The van der Waals surface area contributed by atoms with Crippen LogP contribution >= 0.6 is 0 Å². The van der Waals surface area contributed by atoms with E-state index >= 15 is 0 Å². The molecule has 5 heteroatoms. The lowest BCUT2D eigenvalue weighted by molar-refractivity contribution is -0.00485. The summed E-state index contributed by atoms with van der Waals surface area (Å²) < 4.78 is 6.12. The van der Waals surface area contributed by atoms with Gasteiger partial charge >= 0.3 is 5.97 Å². The van der Waals surface area contributed by atoms with Gasteiger partial charge in [-0.3, -0.25) is 0 Å². The van der Waals surface area contributed by atoms with Crippen molar-refractivity contribution in [3.05, 3.63) is 59.2 Å². The Balaban J connectivity index is 1.37. The van der Waals surface area contributed by atoms with Crippen LogP contribution in [-0.4, -0.2) is 41.0 Å². The minimum absolute atomic E-state index is 0.0192. The topological polar surface area (TPSA) is 78.8 Å². The number of nitrogens with one attached hydrogen (secondary N) is 1. The lowest BCUT2D eigenvalue weighted by atomic mass is 9.80. The molecule has 2 bridgehead atoms. The number of carboxylic acid groups (broad SMARTS) is 1. The van der Waals surface area contributed by atoms with Gasteiger partial charge in [-0.15, -0.1) is 0 Å². The molecule has 3 N–H and O–H groups in total. The molecule has 0 radical (unpaired) electrons. The monoisotopic (exact) mass is 479 g/mol. The number of rotatable bonds is 11. The zero-order valence-corrected chi connectivity index (χ0v) is 21.6. The zero-order valence-electron chi connectivity index (χ0n) is 21.6. The Bertz CT molecular complexity index is 1020. The third-order valence-electron chi connectivity index (χ3n) is 8.25. The van der Waals surface area contributed by atoms with E-state index in [4.69, 9.17) is 4.74 Å². The van der Waals surface area contributed by atoms with Gasteiger partial charge in [0.05, 0.1) is 24.4 Å². The Morgan fingerprint density at radius 2 is 1.89 bits per heavy atom. The number of aliphatic hydroxyl groups is 1. The predicted molar refractivity (Wildman–Crippen MR) is 140 cm³/mol. The molecule has 2 aliphatic carbocycles. The highest BCUT2D eigenvalue weighted by molar-refractivity contribution is 5.91. The van der Waals surface area contributed by atoms with Crippen LogP contribution in [0.25, 0.3) is 11.1 Å². The fourth-order valence-electron chi connectivity index (χ4n) is 6.50. The molecule has 5 nitrogen and oxygen atoms in total. The van der Waals surface area contributed by atoms with E-state index in [1.54, 1.807) is 6.07 Å². The van der Waals surface area contributed by atoms with E-state index in [0.29, 0.717) is 12.1 Å². The molecule has 0 saturated heterocycles. The largest absolute Gasteiger partial charge is 0.478 e. The van der Waals surface area contributed by atoms with Crippen LogP contribution in [0.15, 0.2) is 42.5 Å². The first-order chi connectivity index (χ1) is 16.6. The molecule has 0 heterocycles. The maximum absolute atomic E-state index is 11.8. The van der Waals surface area contributed by atoms with Crippen molar-refractivity contribution in [1.29, 1.82) is 0 Å². The first-order valence-electron chi connectivity index (χ1n) is 13.1. The van der Waals surface area contributed by atoms with Crippen LogP contribution in [0.2, 0.25) is 0 Å². The summed E-state index contributed by atoms with van der Waals surface area (Å²) in [5, 5.41) is 23.9. The van der Waals surface area contributed by atoms with Crippen LogP contribution in [0.3, 0.4) is 0 Å². The maximum atomic E-state index is 11.8. The summed E-state index contributed by atoms with van der Waals surface area (Å²) in [5.74, 6) is 1.71. The van der Waals surface area contributed by atoms with Crippen LogP contribution in [0, 0.1) is 24.7 Å². The molecule has 2 aromatic rings. The number of aliphatic hydroxyl groups excluding tert-OH is 1. The molecule has 0 amide bonds. The molecule has 2 fully saturated rings. The summed E-state index contributed by atoms with van der Waals surface area (Å²) in [6.45, 7) is 8.90. The van der Waals surface area contributed by atoms with Gasteiger partial charge in [-0.25, -0.2) is 4.79 Å². The Labute approximate surface area is 209 Å². The summed E-state index contributed by atoms with van der Waals surface area (Å²) in [4.78, 5) is 11.8. The molecular formula is C30H41NO4. The third-order valence-corrected chi connectivity index (χ3v) is 8.25. The number of benzene rings is 2. The molecule has 2 aliphatic rings. The summed E-state index contributed by atoms with van der Waals surface area (Å²) in [5.41, 5.74) is 3.79. The normalized spacial score (nSPS) is 23.4. The number of β-amino-alcohol motifs (C(OH)–C–C–N with tert-alkyl or cyclic N) is 1. The predicted octanol–water partition coefficient (Wildman–Crippen LogP) is 5.99. The molecule has 35 heavy (non-hydrogen) atoms. The summed E-state index contributed by atoms with van der Waals surface area (Å²) >= 11 is 0. The van der Waals surface area contributed by atoms with E-state index < -0.39 is 12.1 Å². The van der Waals surface area contributed by atoms with Crippen molar-refractivity contribution in [3.8, 4) is 11.1 Å². The van der Waals surface area contributed by atoms with Crippen molar-refractivity contribution in [1.82, 2.24) is 5.32 Å². The van der Waals surface area contributed by atoms with Crippen molar-refractivity contribution in [2.75, 3.05) is 13.2 Å². The Morgan fingerprint density at radius 1 is 1.14 bits per heavy atom. The Hall–Kier alpha value is -2.21. The molecule has 5 atom stereocenters. The van der Waals surface area contributed by atoms with E-state index in [2.05, 4.69) is 19.2 Å². The molecule has 2 aromatic carbocycles. The Kier molecular flexibility index (Phi) is 7.99. The van der Waals surface area contributed by atoms with E-state index in [1.807, 2.05) is 50.2 Å². The molecule has 0 spiro atoms. The second-order valence-electron chi connectivity index (χ2n) is 11.4. The fraction of sp³-hybridized carbons (Fsp3) is 0.567. The summed E-state index contributed by atoms with van der Waals surface area (Å²) in [6, 6.07) is 13.5. The minimum Gasteiger partial charge on any atom is -0.478 e. The van der Waals surface area contributed by atoms with E-state index in [1.165, 1.54) is 25.7 Å². The van der Waals surface area contributed by atoms with Gasteiger partial charge in [0.15, 0.2) is 0 Å². The van der Waals surface area contributed by atoms with Crippen LogP contribution in [-0.2, 0) is 4.74 Å². The highest BCUT2D eigenvalue weighted by Crippen LogP contribution is 2.50. The van der Waals surface area contributed by atoms with Crippen molar-refractivity contribution in [3.63, 3.8) is 0 Å². The lowest BCUT2D eigenvalue weighted by Crippen LogP contribution is -2.46.